The first-order valence-electron chi connectivity index (χ1n) is 6.89. The Hall–Kier alpha value is -2.45. The van der Waals surface area contributed by atoms with E-state index in [9.17, 15) is 14.4 Å². The van der Waals surface area contributed by atoms with Crippen LogP contribution in [0.2, 0.25) is 5.02 Å². The third kappa shape index (κ3) is 5.32. The van der Waals surface area contributed by atoms with Gasteiger partial charge in [0.25, 0.3) is 11.8 Å². The molecule has 7 nitrogen and oxygen atoms in total. The molecule has 24 heavy (non-hydrogen) atoms. The van der Waals surface area contributed by atoms with Crippen LogP contribution < -0.4 is 10.6 Å². The Balaban J connectivity index is 1.77. The third-order valence-electron chi connectivity index (χ3n) is 2.79. The molecule has 2 aromatic heterocycles. The van der Waals surface area contributed by atoms with E-state index in [-0.39, 0.29) is 12.5 Å². The minimum absolute atomic E-state index is 0.290. The number of aromatic nitrogens is 1. The van der Waals surface area contributed by atoms with E-state index in [2.05, 4.69) is 15.6 Å². The Morgan fingerprint density at radius 3 is 2.75 bits per heavy atom. The highest BCUT2D eigenvalue weighted by Crippen LogP contribution is 2.10. The number of thiophene rings is 1. The molecule has 9 heteroatoms. The van der Waals surface area contributed by atoms with Gasteiger partial charge in [-0.25, -0.2) is 4.98 Å². The van der Waals surface area contributed by atoms with Crippen molar-refractivity contribution in [3.8, 4) is 0 Å². The van der Waals surface area contributed by atoms with Crippen molar-refractivity contribution in [2.45, 2.75) is 13.0 Å². The molecule has 0 saturated carbocycles. The minimum Gasteiger partial charge on any atom is -0.451 e. The normalized spacial score (nSPS) is 11.4. The van der Waals surface area contributed by atoms with Crippen LogP contribution in [0, 0.1) is 0 Å². The number of hydrogen-bond acceptors (Lipinski definition) is 6. The van der Waals surface area contributed by atoms with Gasteiger partial charge in [-0.3, -0.25) is 14.4 Å². The lowest BCUT2D eigenvalue weighted by Crippen LogP contribution is -2.35. The molecule has 0 spiro atoms. The monoisotopic (exact) mass is 367 g/mol. The van der Waals surface area contributed by atoms with Crippen LogP contribution >= 0.6 is 22.9 Å². The summed E-state index contributed by atoms with van der Waals surface area (Å²) in [7, 11) is 0. The lowest BCUT2D eigenvalue weighted by molar-refractivity contribution is -0.152. The van der Waals surface area contributed by atoms with Gasteiger partial charge < -0.3 is 15.4 Å². The minimum atomic E-state index is -1.03. The first-order chi connectivity index (χ1) is 11.5. The molecule has 0 aliphatic rings. The van der Waals surface area contributed by atoms with E-state index in [0.29, 0.717) is 15.7 Å². The summed E-state index contributed by atoms with van der Waals surface area (Å²) in [6.45, 7) is 1.10. The van der Waals surface area contributed by atoms with Gasteiger partial charge in [0.15, 0.2) is 6.10 Å². The zero-order valence-corrected chi connectivity index (χ0v) is 14.2. The predicted octanol–water partition coefficient (Wildman–Crippen LogP) is 2.10. The first-order valence-corrected chi connectivity index (χ1v) is 8.15. The highest BCUT2D eigenvalue weighted by molar-refractivity contribution is 7.12. The second-order valence-electron chi connectivity index (χ2n) is 4.64. The van der Waals surface area contributed by atoms with E-state index < -0.39 is 18.0 Å². The van der Waals surface area contributed by atoms with Gasteiger partial charge >= 0.3 is 5.97 Å². The molecule has 0 radical (unpaired) electrons. The van der Waals surface area contributed by atoms with Crippen molar-refractivity contribution < 1.29 is 19.1 Å². The third-order valence-corrected chi connectivity index (χ3v) is 3.89. The number of carbonyl (C=O) groups excluding carboxylic acids is 3. The number of ether oxygens (including phenoxy) is 1. The number of nitrogens with zero attached hydrogens (tertiary/aromatic N) is 1. The summed E-state index contributed by atoms with van der Waals surface area (Å²) in [6, 6.07) is 6.46. The number of halogens is 1. The van der Waals surface area contributed by atoms with Gasteiger partial charge in [0.2, 0.25) is 0 Å². The van der Waals surface area contributed by atoms with E-state index in [1.54, 1.807) is 23.6 Å². The average molecular weight is 368 g/mol. The van der Waals surface area contributed by atoms with Crippen LogP contribution in [0.15, 0.2) is 35.8 Å². The molecule has 2 N–H and O–H groups in total. The van der Waals surface area contributed by atoms with Crippen LogP contribution in [0.5, 0.6) is 0 Å². The van der Waals surface area contributed by atoms with Gasteiger partial charge in [-0.05, 0) is 30.5 Å². The lowest BCUT2D eigenvalue weighted by Gasteiger charge is -2.13. The van der Waals surface area contributed by atoms with E-state index in [0.717, 1.165) is 0 Å². The number of anilines is 1. The van der Waals surface area contributed by atoms with Gasteiger partial charge in [0, 0.05) is 6.20 Å². The average Bonchev–Trinajstić information content (AvgIpc) is 3.09. The summed E-state index contributed by atoms with van der Waals surface area (Å²) < 4.78 is 4.96. The van der Waals surface area contributed by atoms with Crippen LogP contribution in [-0.2, 0) is 14.3 Å². The molecule has 1 atom stereocenters. The Kier molecular flexibility index (Phi) is 6.28. The molecular weight excluding hydrogens is 354 g/mol. The second-order valence-corrected chi connectivity index (χ2v) is 6.03. The molecule has 0 unspecified atom stereocenters. The van der Waals surface area contributed by atoms with Crippen molar-refractivity contribution >= 4 is 46.5 Å². The molecule has 2 heterocycles. The zero-order valence-electron chi connectivity index (χ0n) is 12.6. The number of amides is 2. The highest BCUT2D eigenvalue weighted by Gasteiger charge is 2.19. The maximum Gasteiger partial charge on any atom is 0.326 e. The Morgan fingerprint density at radius 1 is 1.33 bits per heavy atom. The van der Waals surface area contributed by atoms with Crippen molar-refractivity contribution in [2.24, 2.45) is 0 Å². The fourth-order valence-corrected chi connectivity index (χ4v) is 2.37. The predicted molar refractivity (Wildman–Crippen MR) is 90.1 cm³/mol. The van der Waals surface area contributed by atoms with Crippen molar-refractivity contribution in [1.82, 2.24) is 10.3 Å². The summed E-state index contributed by atoms with van der Waals surface area (Å²) >= 11 is 6.96. The van der Waals surface area contributed by atoms with Gasteiger partial charge in [0.1, 0.15) is 12.4 Å². The van der Waals surface area contributed by atoms with Crippen molar-refractivity contribution in [2.75, 3.05) is 11.9 Å². The van der Waals surface area contributed by atoms with Gasteiger partial charge in [-0.1, -0.05) is 17.7 Å². The van der Waals surface area contributed by atoms with E-state index in [1.165, 1.54) is 30.5 Å². The summed E-state index contributed by atoms with van der Waals surface area (Å²) in [4.78, 5) is 39.7. The number of hydrogen-bond donors (Lipinski definition) is 2. The van der Waals surface area contributed by atoms with Crippen LogP contribution in [0.25, 0.3) is 0 Å². The largest absolute Gasteiger partial charge is 0.451 e. The van der Waals surface area contributed by atoms with Gasteiger partial charge in [0.05, 0.1) is 9.90 Å². The number of carbonyl (C=O) groups is 3. The van der Waals surface area contributed by atoms with E-state index in [1.807, 2.05) is 0 Å². The SMILES string of the molecule is C[C@H](OC(=O)CNC(=O)c1cccs1)C(=O)Nc1ccc(Cl)cn1. The molecule has 0 saturated heterocycles. The van der Waals surface area contributed by atoms with Crippen LogP contribution in [0.4, 0.5) is 5.82 Å². The standard InChI is InChI=1S/C15H14ClN3O4S/c1-9(14(21)19-12-5-4-10(16)7-17-12)23-13(20)8-18-15(22)11-3-2-6-24-11/h2-7,9H,8H2,1H3,(H,18,22)(H,17,19,21)/t9-/m0/s1. The molecule has 0 aromatic carbocycles. The molecule has 0 bridgehead atoms. The molecule has 0 fully saturated rings. The molecule has 126 valence electrons. The van der Waals surface area contributed by atoms with Crippen molar-refractivity contribution in [1.29, 1.82) is 0 Å². The molecule has 2 aromatic rings. The molecule has 2 amide bonds. The molecule has 2 rings (SSSR count). The molecular formula is C15H14ClN3O4S. The molecule has 0 aliphatic carbocycles. The quantitative estimate of drug-likeness (QED) is 0.762. The summed E-state index contributed by atoms with van der Waals surface area (Å²) in [5, 5.41) is 7.11. The van der Waals surface area contributed by atoms with E-state index in [4.69, 9.17) is 16.3 Å². The van der Waals surface area contributed by atoms with Crippen molar-refractivity contribution in [3.05, 3.63) is 45.7 Å². The maximum atomic E-state index is 11.9. The van der Waals surface area contributed by atoms with Gasteiger partial charge in [-0.2, -0.15) is 0 Å². The zero-order chi connectivity index (χ0) is 17.5. The number of rotatable bonds is 6. The highest BCUT2D eigenvalue weighted by atomic mass is 35.5. The van der Waals surface area contributed by atoms with Crippen LogP contribution in [0.1, 0.15) is 16.6 Å². The molecule has 0 aliphatic heterocycles. The first kappa shape index (κ1) is 17.9. The lowest BCUT2D eigenvalue weighted by atomic mass is 10.3. The fourth-order valence-electron chi connectivity index (χ4n) is 1.62. The second kappa shape index (κ2) is 8.42. The summed E-state index contributed by atoms with van der Waals surface area (Å²) in [5.41, 5.74) is 0. The summed E-state index contributed by atoms with van der Waals surface area (Å²) in [6.07, 6.45) is 0.349. The van der Waals surface area contributed by atoms with Crippen molar-refractivity contribution in [3.63, 3.8) is 0 Å². The summed E-state index contributed by atoms with van der Waals surface area (Å²) in [5.74, 6) is -1.34. The number of esters is 1. The van der Waals surface area contributed by atoms with E-state index >= 15 is 0 Å². The van der Waals surface area contributed by atoms with Crippen LogP contribution in [0.3, 0.4) is 0 Å². The smallest absolute Gasteiger partial charge is 0.326 e. The Labute approximate surface area is 147 Å². The topological polar surface area (TPSA) is 97.4 Å². The number of pyridine rings is 1. The van der Waals surface area contributed by atoms with Crippen LogP contribution in [-0.4, -0.2) is 35.4 Å². The Morgan fingerprint density at radius 2 is 2.12 bits per heavy atom. The maximum absolute atomic E-state index is 11.9. The Bertz CT molecular complexity index is 719. The fraction of sp³-hybridized carbons (Fsp3) is 0.200. The number of nitrogens with one attached hydrogen (secondary N) is 2. The van der Waals surface area contributed by atoms with Gasteiger partial charge in [-0.15, -0.1) is 11.3 Å².